The van der Waals surface area contributed by atoms with Crippen molar-refractivity contribution in [2.75, 3.05) is 0 Å². The molecule has 0 amide bonds. The van der Waals surface area contributed by atoms with E-state index in [9.17, 15) is 10.2 Å². The highest BCUT2D eigenvalue weighted by Gasteiger charge is 2.65. The quantitative estimate of drug-likeness (QED) is 0.820. The number of hydrogen-bond donors (Lipinski definition) is 2. The molecule has 0 spiro atoms. The molecule has 0 heterocycles. The van der Waals surface area contributed by atoms with Crippen LogP contribution >= 0.6 is 0 Å². The number of aliphatic hydroxyl groups is 1. The van der Waals surface area contributed by atoms with Gasteiger partial charge in [-0.3, -0.25) is 4.99 Å². The molecule has 3 heteroatoms. The van der Waals surface area contributed by atoms with Crippen molar-refractivity contribution in [2.45, 2.75) is 52.7 Å². The minimum Gasteiger partial charge on any atom is -0.507 e. The molecular weight excluding hydrogens is 262 g/mol. The number of phenolic OH excluding ortho intramolecular Hbond substituents is 1. The number of nitrogens with zero attached hydrogens (tertiary/aromatic N) is 1. The van der Waals surface area contributed by atoms with Crippen molar-refractivity contribution in [3.05, 3.63) is 29.3 Å². The summed E-state index contributed by atoms with van der Waals surface area (Å²) in [5.74, 6) is 0.660. The SMILES string of the molecule is Cc1ccc(O)c(C=N[C@@H]2C3CCC(C)([C@@H]2O)C3(C)C)c1. The monoisotopic (exact) mass is 287 g/mol. The molecule has 2 N–H and O–H groups in total. The third-order valence-electron chi connectivity index (χ3n) is 6.33. The van der Waals surface area contributed by atoms with Crippen molar-refractivity contribution >= 4 is 6.21 Å². The number of aliphatic hydroxyl groups excluding tert-OH is 1. The molecule has 2 unspecified atom stereocenters. The maximum atomic E-state index is 10.7. The number of hydrogen-bond acceptors (Lipinski definition) is 3. The van der Waals surface area contributed by atoms with Crippen LogP contribution in [-0.2, 0) is 0 Å². The summed E-state index contributed by atoms with van der Waals surface area (Å²) >= 11 is 0. The molecule has 2 aliphatic rings. The maximum absolute atomic E-state index is 10.7. The first-order valence-electron chi connectivity index (χ1n) is 7.78. The van der Waals surface area contributed by atoms with Crippen LogP contribution in [0.3, 0.4) is 0 Å². The van der Waals surface area contributed by atoms with Crippen LogP contribution in [0.15, 0.2) is 23.2 Å². The molecule has 0 saturated heterocycles. The van der Waals surface area contributed by atoms with Gasteiger partial charge < -0.3 is 10.2 Å². The van der Waals surface area contributed by atoms with E-state index < -0.39 is 6.10 Å². The topological polar surface area (TPSA) is 52.8 Å². The summed E-state index contributed by atoms with van der Waals surface area (Å²) in [6, 6.07) is 5.44. The van der Waals surface area contributed by atoms with Crippen LogP contribution in [0, 0.1) is 23.7 Å². The van der Waals surface area contributed by atoms with Gasteiger partial charge >= 0.3 is 0 Å². The summed E-state index contributed by atoms with van der Waals surface area (Å²) in [6.07, 6.45) is 3.54. The van der Waals surface area contributed by atoms with E-state index in [4.69, 9.17) is 0 Å². The lowest BCUT2D eigenvalue weighted by molar-refractivity contribution is 0.00624. The predicted molar refractivity (Wildman–Crippen MR) is 84.8 cm³/mol. The molecule has 2 saturated carbocycles. The van der Waals surface area contributed by atoms with Crippen LogP contribution in [0.4, 0.5) is 0 Å². The average Bonchev–Trinajstić information content (AvgIpc) is 2.73. The molecule has 114 valence electrons. The molecule has 3 rings (SSSR count). The first-order valence-corrected chi connectivity index (χ1v) is 7.78. The Labute approximate surface area is 126 Å². The summed E-state index contributed by atoms with van der Waals surface area (Å²) in [5.41, 5.74) is 1.89. The zero-order valence-electron chi connectivity index (χ0n) is 13.3. The fraction of sp³-hybridized carbons (Fsp3) is 0.611. The smallest absolute Gasteiger partial charge is 0.124 e. The highest BCUT2D eigenvalue weighted by Crippen LogP contribution is 2.66. The van der Waals surface area contributed by atoms with Crippen LogP contribution in [0.25, 0.3) is 0 Å². The van der Waals surface area contributed by atoms with E-state index in [1.165, 1.54) is 0 Å². The predicted octanol–water partition coefficient (Wildman–Crippen LogP) is 3.31. The highest BCUT2D eigenvalue weighted by molar-refractivity contribution is 5.83. The zero-order valence-corrected chi connectivity index (χ0v) is 13.3. The Bertz CT molecular complexity index is 593. The summed E-state index contributed by atoms with van der Waals surface area (Å²) in [5, 5.41) is 20.6. The number of rotatable bonds is 2. The number of aromatic hydroxyl groups is 1. The normalized spacial score (nSPS) is 37.5. The minimum atomic E-state index is -0.394. The largest absolute Gasteiger partial charge is 0.507 e. The van der Waals surface area contributed by atoms with E-state index in [1.807, 2.05) is 19.1 Å². The van der Waals surface area contributed by atoms with Crippen molar-refractivity contribution < 1.29 is 10.2 Å². The fourth-order valence-electron chi connectivity index (χ4n) is 4.41. The third kappa shape index (κ3) is 1.94. The summed E-state index contributed by atoms with van der Waals surface area (Å²) in [4.78, 5) is 4.66. The second-order valence-corrected chi connectivity index (χ2v) is 7.56. The van der Waals surface area contributed by atoms with E-state index in [2.05, 4.69) is 25.8 Å². The third-order valence-corrected chi connectivity index (χ3v) is 6.33. The van der Waals surface area contributed by atoms with Gasteiger partial charge in [-0.15, -0.1) is 0 Å². The second kappa shape index (κ2) is 4.57. The summed E-state index contributed by atoms with van der Waals surface area (Å²) < 4.78 is 0. The van der Waals surface area contributed by atoms with Crippen molar-refractivity contribution in [3.63, 3.8) is 0 Å². The Hall–Kier alpha value is -1.35. The van der Waals surface area contributed by atoms with Gasteiger partial charge in [0.2, 0.25) is 0 Å². The number of aryl methyl sites for hydroxylation is 1. The fourth-order valence-corrected chi connectivity index (χ4v) is 4.41. The van der Waals surface area contributed by atoms with Gasteiger partial charge in [-0.25, -0.2) is 0 Å². The molecular formula is C18H25NO2. The van der Waals surface area contributed by atoms with E-state index in [0.29, 0.717) is 5.92 Å². The van der Waals surface area contributed by atoms with Crippen LogP contribution in [0.1, 0.15) is 44.7 Å². The van der Waals surface area contributed by atoms with E-state index in [0.717, 1.165) is 24.0 Å². The van der Waals surface area contributed by atoms with Crippen molar-refractivity contribution in [1.29, 1.82) is 0 Å². The molecule has 3 nitrogen and oxygen atoms in total. The molecule has 0 aromatic heterocycles. The first-order chi connectivity index (χ1) is 9.77. The van der Waals surface area contributed by atoms with Crippen LogP contribution < -0.4 is 0 Å². The van der Waals surface area contributed by atoms with E-state index in [-0.39, 0.29) is 22.6 Å². The van der Waals surface area contributed by atoms with Gasteiger partial charge in [0.15, 0.2) is 0 Å². The molecule has 0 aliphatic heterocycles. The molecule has 1 aromatic rings. The Morgan fingerprint density at radius 2 is 2.00 bits per heavy atom. The number of fused-ring (bicyclic) bond motifs is 2. The van der Waals surface area contributed by atoms with Gasteiger partial charge in [0, 0.05) is 17.2 Å². The minimum absolute atomic E-state index is 0.0473. The molecule has 2 aliphatic carbocycles. The van der Waals surface area contributed by atoms with Gasteiger partial charge in [0.25, 0.3) is 0 Å². The van der Waals surface area contributed by atoms with Crippen molar-refractivity contribution in [1.82, 2.24) is 0 Å². The lowest BCUT2D eigenvalue weighted by Gasteiger charge is -2.36. The van der Waals surface area contributed by atoms with Crippen LogP contribution in [0.2, 0.25) is 0 Å². The Morgan fingerprint density at radius 1 is 1.29 bits per heavy atom. The van der Waals surface area contributed by atoms with Gasteiger partial charge in [-0.05, 0) is 43.2 Å². The number of benzene rings is 1. The molecule has 2 fully saturated rings. The van der Waals surface area contributed by atoms with Crippen molar-refractivity contribution in [2.24, 2.45) is 21.7 Å². The van der Waals surface area contributed by atoms with E-state index in [1.54, 1.807) is 12.3 Å². The van der Waals surface area contributed by atoms with Gasteiger partial charge in [0.05, 0.1) is 12.1 Å². The van der Waals surface area contributed by atoms with Gasteiger partial charge in [-0.1, -0.05) is 32.4 Å². The second-order valence-electron chi connectivity index (χ2n) is 7.56. The molecule has 2 bridgehead atoms. The van der Waals surface area contributed by atoms with Crippen LogP contribution in [-0.4, -0.2) is 28.6 Å². The van der Waals surface area contributed by atoms with Crippen molar-refractivity contribution in [3.8, 4) is 5.75 Å². The number of aliphatic imine (C=N–C) groups is 1. The first kappa shape index (κ1) is 14.6. The maximum Gasteiger partial charge on any atom is 0.124 e. The Balaban J connectivity index is 1.90. The highest BCUT2D eigenvalue weighted by atomic mass is 16.3. The van der Waals surface area contributed by atoms with Gasteiger partial charge in [0.1, 0.15) is 5.75 Å². The lowest BCUT2D eigenvalue weighted by Crippen LogP contribution is -2.39. The molecule has 0 radical (unpaired) electrons. The van der Waals surface area contributed by atoms with E-state index >= 15 is 0 Å². The Kier molecular flexibility index (Phi) is 3.17. The summed E-state index contributed by atoms with van der Waals surface area (Å²) in [6.45, 7) is 8.70. The van der Waals surface area contributed by atoms with Gasteiger partial charge in [-0.2, -0.15) is 0 Å². The lowest BCUT2D eigenvalue weighted by atomic mass is 9.70. The van der Waals surface area contributed by atoms with Crippen LogP contribution in [0.5, 0.6) is 5.75 Å². The zero-order chi connectivity index (χ0) is 15.4. The summed E-state index contributed by atoms with van der Waals surface area (Å²) in [7, 11) is 0. The number of phenols is 1. The Morgan fingerprint density at radius 3 is 2.62 bits per heavy atom. The average molecular weight is 287 g/mol. The molecule has 1 aromatic carbocycles. The molecule has 21 heavy (non-hydrogen) atoms. The standard InChI is InChI=1S/C18H25NO2/c1-11-5-6-14(20)12(9-11)10-19-15-13-7-8-18(4,16(15)21)17(13,2)3/h5-6,9-10,13,15-16,20-21H,7-8H2,1-4H3/t13?,15-,16-,18?/m1/s1. The molecule has 4 atom stereocenters.